The summed E-state index contributed by atoms with van der Waals surface area (Å²) in [5.74, 6) is -2.76. The summed E-state index contributed by atoms with van der Waals surface area (Å²) < 4.78 is 30.3. The van der Waals surface area contributed by atoms with Crippen LogP contribution in [0.25, 0.3) is 21.0 Å². The molecule has 0 aliphatic heterocycles. The van der Waals surface area contributed by atoms with E-state index < -0.39 is 23.1 Å². The first kappa shape index (κ1) is 15.7. The van der Waals surface area contributed by atoms with Crippen LogP contribution in [0.3, 0.4) is 0 Å². The number of aryl methyl sites for hydroxylation is 1. The number of amides is 1. The van der Waals surface area contributed by atoms with Gasteiger partial charge in [-0.15, -0.1) is 0 Å². The molecule has 25 heavy (non-hydrogen) atoms. The van der Waals surface area contributed by atoms with Crippen molar-refractivity contribution < 1.29 is 13.6 Å². The van der Waals surface area contributed by atoms with Gasteiger partial charge in [-0.05, 0) is 23.6 Å². The van der Waals surface area contributed by atoms with Crippen LogP contribution in [0.15, 0.2) is 59.6 Å². The molecule has 0 spiro atoms. The normalized spacial score (nSPS) is 12.2. The molecule has 0 radical (unpaired) electrons. The van der Waals surface area contributed by atoms with E-state index in [1.807, 2.05) is 36.4 Å². The molecule has 0 fully saturated rings. The third-order valence-electron chi connectivity index (χ3n) is 4.07. The first-order chi connectivity index (χ1) is 12.1. The van der Waals surface area contributed by atoms with Gasteiger partial charge in [0.1, 0.15) is 17.2 Å². The second kappa shape index (κ2) is 5.89. The van der Waals surface area contributed by atoms with Crippen LogP contribution in [0.1, 0.15) is 10.4 Å². The lowest BCUT2D eigenvalue weighted by molar-refractivity contribution is 0.0990. The lowest BCUT2D eigenvalue weighted by Crippen LogP contribution is -2.14. The molecule has 4 aromatic rings. The van der Waals surface area contributed by atoms with Gasteiger partial charge < -0.3 is 4.57 Å². The van der Waals surface area contributed by atoms with Crippen molar-refractivity contribution in [3.63, 3.8) is 0 Å². The number of fused-ring (bicyclic) bond motifs is 3. The largest absolute Gasteiger partial charge is 0.319 e. The summed E-state index contributed by atoms with van der Waals surface area (Å²) in [4.78, 5) is 16.6. The fourth-order valence-corrected chi connectivity index (χ4v) is 3.96. The van der Waals surface area contributed by atoms with Crippen molar-refractivity contribution in [2.45, 2.75) is 0 Å². The molecule has 1 aromatic heterocycles. The van der Waals surface area contributed by atoms with E-state index in [1.54, 1.807) is 11.6 Å². The fourth-order valence-electron chi connectivity index (χ4n) is 2.81. The number of benzene rings is 3. The van der Waals surface area contributed by atoms with Crippen molar-refractivity contribution in [1.29, 1.82) is 0 Å². The van der Waals surface area contributed by atoms with Crippen LogP contribution in [-0.2, 0) is 7.05 Å². The topological polar surface area (TPSA) is 34.4 Å². The minimum absolute atomic E-state index is 0.388. The van der Waals surface area contributed by atoms with Gasteiger partial charge in [-0.2, -0.15) is 4.99 Å². The Labute approximate surface area is 145 Å². The Bertz CT molecular complexity index is 1190. The first-order valence-electron chi connectivity index (χ1n) is 7.56. The van der Waals surface area contributed by atoms with Crippen molar-refractivity contribution in [1.82, 2.24) is 4.57 Å². The third-order valence-corrected chi connectivity index (χ3v) is 5.26. The molecule has 0 aliphatic carbocycles. The maximum atomic E-state index is 13.8. The summed E-state index contributed by atoms with van der Waals surface area (Å²) in [6, 6.07) is 15.1. The van der Waals surface area contributed by atoms with Gasteiger partial charge in [0, 0.05) is 12.4 Å². The van der Waals surface area contributed by atoms with Crippen LogP contribution >= 0.6 is 11.3 Å². The summed E-state index contributed by atoms with van der Waals surface area (Å²) in [5, 5.41) is 2.13. The smallest absolute Gasteiger partial charge is 0.285 e. The fraction of sp³-hybridized carbons (Fsp3) is 0.0526. The van der Waals surface area contributed by atoms with Gasteiger partial charge in [-0.3, -0.25) is 4.79 Å². The van der Waals surface area contributed by atoms with Crippen molar-refractivity contribution in [2.24, 2.45) is 12.0 Å². The molecule has 6 heteroatoms. The molecule has 0 unspecified atom stereocenters. The highest BCUT2D eigenvalue weighted by Gasteiger charge is 2.17. The lowest BCUT2D eigenvalue weighted by atomic mass is 10.1. The summed E-state index contributed by atoms with van der Waals surface area (Å²) in [6.07, 6.45) is 0. The number of hydrogen-bond acceptors (Lipinski definition) is 2. The highest BCUT2D eigenvalue weighted by molar-refractivity contribution is 7.17. The van der Waals surface area contributed by atoms with Crippen LogP contribution < -0.4 is 4.80 Å². The Balaban J connectivity index is 1.95. The molecule has 0 bridgehead atoms. The van der Waals surface area contributed by atoms with Gasteiger partial charge in [0.2, 0.25) is 0 Å². The molecule has 1 amide bonds. The Morgan fingerprint density at radius 3 is 2.48 bits per heavy atom. The van der Waals surface area contributed by atoms with Crippen LogP contribution in [-0.4, -0.2) is 10.5 Å². The number of carbonyl (C=O) groups excluding carboxylic acids is 1. The Kier molecular flexibility index (Phi) is 3.69. The second-order valence-electron chi connectivity index (χ2n) is 5.59. The lowest BCUT2D eigenvalue weighted by Gasteiger charge is -2.00. The molecule has 4 rings (SSSR count). The maximum Gasteiger partial charge on any atom is 0.285 e. The van der Waals surface area contributed by atoms with Crippen LogP contribution in [0, 0.1) is 11.6 Å². The number of halogens is 2. The van der Waals surface area contributed by atoms with Crippen molar-refractivity contribution in [2.75, 3.05) is 0 Å². The number of nitrogens with zero attached hydrogens (tertiary/aromatic N) is 2. The van der Waals surface area contributed by atoms with E-state index in [-0.39, 0.29) is 0 Å². The van der Waals surface area contributed by atoms with Crippen LogP contribution in [0.4, 0.5) is 8.78 Å². The average molecular weight is 354 g/mol. The van der Waals surface area contributed by atoms with E-state index in [4.69, 9.17) is 0 Å². The minimum Gasteiger partial charge on any atom is -0.319 e. The van der Waals surface area contributed by atoms with Gasteiger partial charge in [-0.1, -0.05) is 47.7 Å². The Hall–Kier alpha value is -2.86. The molecule has 124 valence electrons. The zero-order valence-corrected chi connectivity index (χ0v) is 14.0. The molecule has 0 atom stereocenters. The van der Waals surface area contributed by atoms with Crippen molar-refractivity contribution in [3.8, 4) is 0 Å². The Morgan fingerprint density at radius 1 is 1.00 bits per heavy atom. The highest BCUT2D eigenvalue weighted by atomic mass is 32.1. The van der Waals surface area contributed by atoms with E-state index in [0.717, 1.165) is 33.1 Å². The van der Waals surface area contributed by atoms with E-state index >= 15 is 0 Å². The standard InChI is InChI=1S/C19H12F2N2OS/c1-23-15-10-9-11-5-2-3-6-12(11)17(15)25-19(23)22-18(24)16-13(20)7-4-8-14(16)21/h2-10H,1H3. The summed E-state index contributed by atoms with van der Waals surface area (Å²) in [7, 11) is 1.78. The predicted octanol–water partition coefficient (Wildman–Crippen LogP) is 4.41. The molecule has 0 saturated carbocycles. The number of aromatic nitrogens is 1. The number of thiazole rings is 1. The molecular weight excluding hydrogens is 342 g/mol. The first-order valence-corrected chi connectivity index (χ1v) is 8.38. The van der Waals surface area contributed by atoms with Crippen molar-refractivity contribution >= 4 is 38.2 Å². The second-order valence-corrected chi connectivity index (χ2v) is 6.57. The minimum atomic E-state index is -0.929. The molecular formula is C19H12F2N2OS. The monoisotopic (exact) mass is 354 g/mol. The molecule has 3 aromatic carbocycles. The molecule has 3 nitrogen and oxygen atoms in total. The quantitative estimate of drug-likeness (QED) is 0.498. The van der Waals surface area contributed by atoms with E-state index in [1.165, 1.54) is 17.4 Å². The predicted molar refractivity (Wildman–Crippen MR) is 94.6 cm³/mol. The van der Waals surface area contributed by atoms with E-state index in [2.05, 4.69) is 4.99 Å². The van der Waals surface area contributed by atoms with E-state index in [9.17, 15) is 13.6 Å². The van der Waals surface area contributed by atoms with Gasteiger partial charge in [0.15, 0.2) is 4.80 Å². The van der Waals surface area contributed by atoms with Crippen molar-refractivity contribution in [3.05, 3.63) is 76.6 Å². The average Bonchev–Trinajstić information content (AvgIpc) is 2.91. The van der Waals surface area contributed by atoms with Gasteiger partial charge in [0.05, 0.1) is 10.2 Å². The van der Waals surface area contributed by atoms with Crippen LogP contribution in [0.5, 0.6) is 0 Å². The van der Waals surface area contributed by atoms with Gasteiger partial charge in [0.25, 0.3) is 5.91 Å². The van der Waals surface area contributed by atoms with Crippen LogP contribution in [0.2, 0.25) is 0 Å². The highest BCUT2D eigenvalue weighted by Crippen LogP contribution is 2.27. The summed E-state index contributed by atoms with van der Waals surface area (Å²) in [6.45, 7) is 0. The van der Waals surface area contributed by atoms with E-state index in [0.29, 0.717) is 4.80 Å². The van der Waals surface area contributed by atoms with Gasteiger partial charge in [-0.25, -0.2) is 8.78 Å². The molecule has 0 saturated heterocycles. The maximum absolute atomic E-state index is 13.8. The molecule has 1 heterocycles. The third kappa shape index (κ3) is 2.55. The summed E-state index contributed by atoms with van der Waals surface area (Å²) in [5.41, 5.74) is 0.272. The Morgan fingerprint density at radius 2 is 1.72 bits per heavy atom. The zero-order valence-electron chi connectivity index (χ0n) is 13.2. The van der Waals surface area contributed by atoms with Gasteiger partial charge >= 0.3 is 0 Å². The number of hydrogen-bond donors (Lipinski definition) is 0. The zero-order chi connectivity index (χ0) is 17.6. The molecule has 0 aliphatic rings. The SMILES string of the molecule is Cn1c(=NC(=O)c2c(F)cccc2F)sc2c3ccccc3ccc21. The number of rotatable bonds is 1. The number of carbonyl (C=O) groups is 1. The summed E-state index contributed by atoms with van der Waals surface area (Å²) >= 11 is 1.32. The molecule has 0 N–H and O–H groups in total.